The van der Waals surface area contributed by atoms with Gasteiger partial charge in [0.1, 0.15) is 0 Å². The van der Waals surface area contributed by atoms with E-state index in [4.69, 9.17) is 11.5 Å². The van der Waals surface area contributed by atoms with Crippen LogP contribution in [0.1, 0.15) is 56.1 Å². The SMILES string of the molecule is CCCCC1=CC=C(C(c2ccc(N)cc2)c2ccc(N)cc2)CC1. The Labute approximate surface area is 151 Å². The second kappa shape index (κ2) is 8.06. The van der Waals surface area contributed by atoms with E-state index in [1.165, 1.54) is 42.4 Å². The fourth-order valence-electron chi connectivity index (χ4n) is 3.55. The number of anilines is 2. The Morgan fingerprint density at radius 2 is 1.36 bits per heavy atom. The first-order chi connectivity index (χ1) is 12.2. The molecule has 2 heteroatoms. The predicted octanol–water partition coefficient (Wildman–Crippen LogP) is 5.82. The summed E-state index contributed by atoms with van der Waals surface area (Å²) < 4.78 is 0. The Hall–Kier alpha value is -2.48. The number of hydrogen-bond donors (Lipinski definition) is 2. The third kappa shape index (κ3) is 4.33. The van der Waals surface area contributed by atoms with Crippen LogP contribution in [0.2, 0.25) is 0 Å². The van der Waals surface area contributed by atoms with Crippen LogP contribution in [0.25, 0.3) is 0 Å². The van der Waals surface area contributed by atoms with Gasteiger partial charge in [-0.2, -0.15) is 0 Å². The van der Waals surface area contributed by atoms with Crippen molar-refractivity contribution in [2.75, 3.05) is 11.5 Å². The minimum atomic E-state index is 0.269. The lowest BCUT2D eigenvalue weighted by Gasteiger charge is -2.25. The Bertz CT molecular complexity index is 706. The molecule has 0 heterocycles. The van der Waals surface area contributed by atoms with Gasteiger partial charge in [-0.3, -0.25) is 0 Å². The zero-order chi connectivity index (χ0) is 17.6. The van der Waals surface area contributed by atoms with E-state index in [1.807, 2.05) is 24.3 Å². The summed E-state index contributed by atoms with van der Waals surface area (Å²) in [5, 5.41) is 0. The summed E-state index contributed by atoms with van der Waals surface area (Å²) in [6.07, 6.45) is 10.7. The summed E-state index contributed by atoms with van der Waals surface area (Å²) in [6.45, 7) is 2.25. The van der Waals surface area contributed by atoms with E-state index in [0.717, 1.165) is 17.8 Å². The molecule has 0 aromatic heterocycles. The van der Waals surface area contributed by atoms with Crippen LogP contribution < -0.4 is 11.5 Å². The van der Waals surface area contributed by atoms with E-state index in [1.54, 1.807) is 5.57 Å². The third-order valence-electron chi connectivity index (χ3n) is 5.03. The molecule has 130 valence electrons. The van der Waals surface area contributed by atoms with E-state index >= 15 is 0 Å². The molecule has 3 rings (SSSR count). The molecule has 0 spiro atoms. The highest BCUT2D eigenvalue weighted by atomic mass is 14.5. The maximum absolute atomic E-state index is 5.89. The number of unbranched alkanes of at least 4 members (excludes halogenated alkanes) is 1. The largest absolute Gasteiger partial charge is 0.399 e. The van der Waals surface area contributed by atoms with E-state index in [9.17, 15) is 0 Å². The normalized spacial score (nSPS) is 14.3. The molecule has 0 unspecified atom stereocenters. The second-order valence-electron chi connectivity index (χ2n) is 6.94. The summed E-state index contributed by atoms with van der Waals surface area (Å²) >= 11 is 0. The lowest BCUT2D eigenvalue weighted by Crippen LogP contribution is -2.08. The molecular weight excluding hydrogens is 304 g/mol. The molecule has 0 aliphatic heterocycles. The van der Waals surface area contributed by atoms with Gasteiger partial charge in [-0.1, -0.05) is 60.9 Å². The van der Waals surface area contributed by atoms with Crippen molar-refractivity contribution in [3.63, 3.8) is 0 Å². The number of benzene rings is 2. The van der Waals surface area contributed by atoms with E-state index in [2.05, 4.69) is 43.3 Å². The number of allylic oxidation sites excluding steroid dienone is 4. The summed E-state index contributed by atoms with van der Waals surface area (Å²) in [7, 11) is 0. The Kier molecular flexibility index (Phi) is 5.60. The number of rotatable bonds is 6. The summed E-state index contributed by atoms with van der Waals surface area (Å²) in [5.41, 5.74) is 19.0. The molecule has 0 atom stereocenters. The average Bonchev–Trinajstić information content (AvgIpc) is 2.64. The molecule has 0 radical (unpaired) electrons. The van der Waals surface area contributed by atoms with Crippen LogP contribution in [0.15, 0.2) is 71.8 Å². The smallest absolute Gasteiger partial charge is 0.0314 e. The summed E-state index contributed by atoms with van der Waals surface area (Å²) in [4.78, 5) is 0. The van der Waals surface area contributed by atoms with Crippen molar-refractivity contribution < 1.29 is 0 Å². The van der Waals surface area contributed by atoms with Gasteiger partial charge in [0.15, 0.2) is 0 Å². The topological polar surface area (TPSA) is 52.0 Å². The number of nitrogens with two attached hydrogens (primary N) is 2. The molecule has 4 N–H and O–H groups in total. The van der Waals surface area contributed by atoms with Crippen LogP contribution in [0.5, 0.6) is 0 Å². The van der Waals surface area contributed by atoms with Crippen LogP contribution in [0.3, 0.4) is 0 Å². The van der Waals surface area contributed by atoms with Gasteiger partial charge in [0, 0.05) is 17.3 Å². The fraction of sp³-hybridized carbons (Fsp3) is 0.304. The van der Waals surface area contributed by atoms with Crippen molar-refractivity contribution in [2.24, 2.45) is 0 Å². The first-order valence-electron chi connectivity index (χ1n) is 9.26. The van der Waals surface area contributed by atoms with Gasteiger partial charge in [0.2, 0.25) is 0 Å². The zero-order valence-electron chi connectivity index (χ0n) is 15.0. The lowest BCUT2D eigenvalue weighted by molar-refractivity contribution is 0.725. The Morgan fingerprint density at radius 1 is 0.800 bits per heavy atom. The molecule has 2 aromatic rings. The van der Waals surface area contributed by atoms with Gasteiger partial charge >= 0.3 is 0 Å². The number of hydrogen-bond acceptors (Lipinski definition) is 2. The molecule has 0 saturated carbocycles. The molecular formula is C23H28N2. The van der Waals surface area contributed by atoms with Gasteiger partial charge in [-0.05, 0) is 61.1 Å². The highest BCUT2D eigenvalue weighted by Crippen LogP contribution is 2.38. The highest BCUT2D eigenvalue weighted by Gasteiger charge is 2.20. The van der Waals surface area contributed by atoms with Gasteiger partial charge in [-0.15, -0.1) is 0 Å². The van der Waals surface area contributed by atoms with Crippen molar-refractivity contribution in [1.82, 2.24) is 0 Å². The maximum atomic E-state index is 5.89. The van der Waals surface area contributed by atoms with E-state index < -0.39 is 0 Å². The summed E-state index contributed by atoms with van der Waals surface area (Å²) in [6, 6.07) is 16.6. The standard InChI is InChI=1S/C23H28N2/c1-2-3-4-17-5-7-18(8-6-17)23(19-9-13-21(24)14-10-19)20-11-15-22(25)16-12-20/h5,7,9-16,23H,2-4,6,8,24-25H2,1H3. The molecule has 2 nitrogen and oxygen atoms in total. The van der Waals surface area contributed by atoms with Crippen LogP contribution in [-0.4, -0.2) is 0 Å². The minimum absolute atomic E-state index is 0.269. The molecule has 0 fully saturated rings. The fourth-order valence-corrected chi connectivity index (χ4v) is 3.55. The zero-order valence-corrected chi connectivity index (χ0v) is 15.0. The minimum Gasteiger partial charge on any atom is -0.399 e. The maximum Gasteiger partial charge on any atom is 0.0314 e. The van der Waals surface area contributed by atoms with Crippen molar-refractivity contribution in [3.05, 3.63) is 83.0 Å². The quantitative estimate of drug-likeness (QED) is 0.655. The van der Waals surface area contributed by atoms with Crippen molar-refractivity contribution >= 4 is 11.4 Å². The molecule has 0 bridgehead atoms. The predicted molar refractivity (Wildman–Crippen MR) is 108 cm³/mol. The first-order valence-corrected chi connectivity index (χ1v) is 9.26. The molecule has 0 amide bonds. The summed E-state index contributed by atoms with van der Waals surface area (Å²) in [5.74, 6) is 0.269. The van der Waals surface area contributed by atoms with Crippen molar-refractivity contribution in [1.29, 1.82) is 0 Å². The highest BCUT2D eigenvalue weighted by molar-refractivity contribution is 5.50. The van der Waals surface area contributed by atoms with Crippen LogP contribution in [0, 0.1) is 0 Å². The van der Waals surface area contributed by atoms with Crippen molar-refractivity contribution in [3.8, 4) is 0 Å². The molecule has 0 saturated heterocycles. The Balaban J connectivity index is 1.94. The molecule has 2 aromatic carbocycles. The van der Waals surface area contributed by atoms with E-state index in [-0.39, 0.29) is 5.92 Å². The van der Waals surface area contributed by atoms with Gasteiger partial charge in [0.25, 0.3) is 0 Å². The van der Waals surface area contributed by atoms with Crippen LogP contribution in [-0.2, 0) is 0 Å². The molecule has 25 heavy (non-hydrogen) atoms. The third-order valence-corrected chi connectivity index (χ3v) is 5.03. The monoisotopic (exact) mass is 332 g/mol. The van der Waals surface area contributed by atoms with Gasteiger partial charge in [0.05, 0.1) is 0 Å². The van der Waals surface area contributed by atoms with Crippen LogP contribution >= 0.6 is 0 Å². The average molecular weight is 332 g/mol. The van der Waals surface area contributed by atoms with E-state index in [0.29, 0.717) is 0 Å². The molecule has 1 aliphatic carbocycles. The van der Waals surface area contributed by atoms with Crippen molar-refractivity contribution in [2.45, 2.75) is 44.9 Å². The second-order valence-corrected chi connectivity index (χ2v) is 6.94. The van der Waals surface area contributed by atoms with Gasteiger partial charge in [-0.25, -0.2) is 0 Å². The lowest BCUT2D eigenvalue weighted by atomic mass is 9.80. The van der Waals surface area contributed by atoms with Crippen LogP contribution in [0.4, 0.5) is 11.4 Å². The molecule has 1 aliphatic rings. The first kappa shape index (κ1) is 17.3. The number of nitrogen functional groups attached to an aromatic ring is 2. The Morgan fingerprint density at radius 3 is 1.80 bits per heavy atom. The van der Waals surface area contributed by atoms with Gasteiger partial charge < -0.3 is 11.5 Å².